The summed E-state index contributed by atoms with van der Waals surface area (Å²) < 4.78 is 13.2. The second-order valence-corrected chi connectivity index (χ2v) is 6.97. The highest BCUT2D eigenvalue weighted by atomic mass is 16.5. The van der Waals surface area contributed by atoms with Crippen molar-refractivity contribution in [1.29, 1.82) is 0 Å². The molecule has 0 aliphatic carbocycles. The second kappa shape index (κ2) is 8.91. The van der Waals surface area contributed by atoms with Crippen molar-refractivity contribution in [3.63, 3.8) is 0 Å². The van der Waals surface area contributed by atoms with Crippen molar-refractivity contribution in [2.75, 3.05) is 19.0 Å². The lowest BCUT2D eigenvalue weighted by atomic mass is 9.93. The fourth-order valence-electron chi connectivity index (χ4n) is 3.54. The maximum atomic E-state index is 12.4. The van der Waals surface area contributed by atoms with Gasteiger partial charge in [-0.2, -0.15) is 10.1 Å². The largest absolute Gasteiger partial charge is 0.493 e. The summed E-state index contributed by atoms with van der Waals surface area (Å²) in [6, 6.07) is 5.42. The first kappa shape index (κ1) is 19.9. The number of rotatable bonds is 9. The summed E-state index contributed by atoms with van der Waals surface area (Å²) in [5, 5.41) is 7.47. The summed E-state index contributed by atoms with van der Waals surface area (Å²) in [6.45, 7) is 6.30. The third-order valence-electron chi connectivity index (χ3n) is 4.93. The van der Waals surface area contributed by atoms with Gasteiger partial charge in [0.2, 0.25) is 5.95 Å². The fourth-order valence-corrected chi connectivity index (χ4v) is 3.54. The van der Waals surface area contributed by atoms with Crippen LogP contribution in [0.4, 0.5) is 5.95 Å². The maximum absolute atomic E-state index is 12.4. The molecule has 7 heteroatoms. The molecule has 0 radical (unpaired) electrons. The zero-order valence-electron chi connectivity index (χ0n) is 17.0. The molecule has 28 heavy (non-hydrogen) atoms. The van der Waals surface area contributed by atoms with Crippen LogP contribution in [0, 0.1) is 0 Å². The zero-order valence-corrected chi connectivity index (χ0v) is 17.0. The summed E-state index contributed by atoms with van der Waals surface area (Å²) in [4.78, 5) is 16.6. The van der Waals surface area contributed by atoms with E-state index in [-0.39, 0.29) is 11.8 Å². The van der Waals surface area contributed by atoms with Gasteiger partial charge in [-0.3, -0.25) is 4.79 Å². The van der Waals surface area contributed by atoms with E-state index < -0.39 is 0 Å². The molecule has 1 aliphatic heterocycles. The van der Waals surface area contributed by atoms with Gasteiger partial charge in [0.15, 0.2) is 17.3 Å². The highest BCUT2D eigenvalue weighted by Crippen LogP contribution is 2.38. The monoisotopic (exact) mass is 384 g/mol. The van der Waals surface area contributed by atoms with Crippen LogP contribution in [0.3, 0.4) is 0 Å². The van der Waals surface area contributed by atoms with Crippen LogP contribution in [-0.2, 0) is 4.79 Å². The van der Waals surface area contributed by atoms with Crippen molar-refractivity contribution in [2.24, 2.45) is 0 Å². The number of benzene rings is 1. The second-order valence-electron chi connectivity index (χ2n) is 6.97. The average Bonchev–Trinajstić information content (AvgIpc) is 3.14. The number of anilines is 1. The van der Waals surface area contributed by atoms with E-state index in [2.05, 4.69) is 22.3 Å². The van der Waals surface area contributed by atoms with Crippen LogP contribution in [0.1, 0.15) is 58.1 Å². The lowest BCUT2D eigenvalue weighted by molar-refractivity contribution is -0.114. The molecule has 1 aromatic heterocycles. The molecule has 1 N–H and O–H groups in total. The summed E-state index contributed by atoms with van der Waals surface area (Å²) >= 11 is 0. The molecule has 0 amide bonds. The topological polar surface area (TPSA) is 78.3 Å². The molecular weight excluding hydrogens is 356 g/mol. The van der Waals surface area contributed by atoms with Crippen molar-refractivity contribution >= 4 is 11.7 Å². The van der Waals surface area contributed by atoms with E-state index in [0.717, 1.165) is 24.1 Å². The number of nitrogens with one attached hydrogen (secondary N) is 1. The van der Waals surface area contributed by atoms with Crippen molar-refractivity contribution in [3.8, 4) is 11.5 Å². The van der Waals surface area contributed by atoms with E-state index in [9.17, 15) is 4.79 Å². The standard InChI is InChI=1S/C21H28N4O3/c1-5-6-7-8-11-28-17-10-9-16(12-18(17)27-4)20-19(15(3)26)14(2)24-21-22-13-23-25(20)21/h9-10,12-13,20H,5-8,11H2,1-4H3,(H,22,23,24)/t20-/m1/s1. The Morgan fingerprint density at radius 2 is 2.07 bits per heavy atom. The quantitative estimate of drug-likeness (QED) is 0.655. The molecule has 1 aromatic carbocycles. The Hall–Kier alpha value is -2.83. The van der Waals surface area contributed by atoms with Crippen molar-refractivity contribution in [1.82, 2.24) is 14.8 Å². The fraction of sp³-hybridized carbons (Fsp3) is 0.476. The first-order valence-electron chi connectivity index (χ1n) is 9.75. The van der Waals surface area contributed by atoms with Crippen molar-refractivity contribution < 1.29 is 14.3 Å². The number of fused-ring (bicyclic) bond motifs is 1. The molecule has 0 unspecified atom stereocenters. The number of hydrogen-bond donors (Lipinski definition) is 1. The number of ether oxygens (including phenoxy) is 2. The Morgan fingerprint density at radius 1 is 1.25 bits per heavy atom. The van der Waals surface area contributed by atoms with E-state index in [1.165, 1.54) is 19.2 Å². The summed E-state index contributed by atoms with van der Waals surface area (Å²) in [6.07, 6.45) is 6.08. The minimum Gasteiger partial charge on any atom is -0.493 e. The predicted molar refractivity (Wildman–Crippen MR) is 108 cm³/mol. The van der Waals surface area contributed by atoms with Gasteiger partial charge in [0.1, 0.15) is 12.4 Å². The summed E-state index contributed by atoms with van der Waals surface area (Å²) in [5.74, 6) is 1.96. The van der Waals surface area contributed by atoms with E-state index in [0.29, 0.717) is 29.6 Å². The van der Waals surface area contributed by atoms with E-state index in [4.69, 9.17) is 9.47 Å². The first-order valence-corrected chi connectivity index (χ1v) is 9.75. The molecule has 0 bridgehead atoms. The number of allylic oxidation sites excluding steroid dienone is 2. The SMILES string of the molecule is CCCCCCOc1ccc([C@@H]2C(C(C)=O)=C(C)Nc3ncnn32)cc1OC. The molecule has 2 heterocycles. The number of nitrogens with zero attached hydrogens (tertiary/aromatic N) is 3. The molecule has 0 spiro atoms. The number of carbonyl (C=O) groups excluding carboxylic acids is 1. The van der Waals surface area contributed by atoms with Crippen molar-refractivity contribution in [3.05, 3.63) is 41.4 Å². The minimum absolute atomic E-state index is 0.00799. The van der Waals surface area contributed by atoms with Gasteiger partial charge in [0.25, 0.3) is 0 Å². The van der Waals surface area contributed by atoms with Gasteiger partial charge >= 0.3 is 0 Å². The molecule has 2 aromatic rings. The Labute approximate surface area is 165 Å². The van der Waals surface area contributed by atoms with Crippen molar-refractivity contribution in [2.45, 2.75) is 52.5 Å². The predicted octanol–water partition coefficient (Wildman–Crippen LogP) is 4.12. The molecule has 0 saturated heterocycles. The van der Waals surface area contributed by atoms with Crippen LogP contribution in [0.5, 0.6) is 11.5 Å². The van der Waals surface area contributed by atoms with Crippen LogP contribution >= 0.6 is 0 Å². The van der Waals surface area contributed by atoms with E-state index in [1.807, 2.05) is 25.1 Å². The van der Waals surface area contributed by atoms with Crippen LogP contribution < -0.4 is 14.8 Å². The number of carbonyl (C=O) groups is 1. The van der Waals surface area contributed by atoms with Gasteiger partial charge in [-0.05, 0) is 38.0 Å². The lowest BCUT2D eigenvalue weighted by Gasteiger charge is -2.28. The maximum Gasteiger partial charge on any atom is 0.226 e. The molecule has 150 valence electrons. The number of Topliss-reactive ketones (excluding diaryl/α,β-unsaturated/α-hetero) is 1. The number of unbranched alkanes of at least 4 members (excludes halogenated alkanes) is 3. The normalized spacial score (nSPS) is 15.8. The minimum atomic E-state index is -0.358. The van der Waals surface area contributed by atoms with Crippen LogP contribution in [0.2, 0.25) is 0 Å². The van der Waals surface area contributed by atoms with Gasteiger partial charge in [0, 0.05) is 11.3 Å². The molecule has 1 aliphatic rings. The zero-order chi connectivity index (χ0) is 20.1. The third-order valence-corrected chi connectivity index (χ3v) is 4.93. The molecule has 3 rings (SSSR count). The third kappa shape index (κ3) is 4.03. The Balaban J connectivity index is 1.89. The first-order chi connectivity index (χ1) is 13.6. The van der Waals surface area contributed by atoms with Gasteiger partial charge in [-0.25, -0.2) is 4.68 Å². The van der Waals surface area contributed by atoms with E-state index >= 15 is 0 Å². The Morgan fingerprint density at radius 3 is 2.79 bits per heavy atom. The molecule has 1 atom stereocenters. The lowest BCUT2D eigenvalue weighted by Crippen LogP contribution is -2.27. The summed E-state index contributed by atoms with van der Waals surface area (Å²) in [7, 11) is 1.62. The number of hydrogen-bond acceptors (Lipinski definition) is 6. The number of methoxy groups -OCH3 is 1. The molecule has 0 fully saturated rings. The number of aromatic nitrogens is 3. The van der Waals surface area contributed by atoms with Gasteiger partial charge < -0.3 is 14.8 Å². The highest BCUT2D eigenvalue weighted by Gasteiger charge is 2.32. The average molecular weight is 384 g/mol. The Bertz CT molecular complexity index is 872. The van der Waals surface area contributed by atoms with E-state index in [1.54, 1.807) is 18.7 Å². The van der Waals surface area contributed by atoms with Gasteiger partial charge in [0.05, 0.1) is 13.7 Å². The van der Waals surface area contributed by atoms with Crippen LogP contribution in [0.15, 0.2) is 35.8 Å². The Kier molecular flexibility index (Phi) is 6.34. The molecule has 0 saturated carbocycles. The smallest absolute Gasteiger partial charge is 0.226 e. The van der Waals surface area contributed by atoms with Gasteiger partial charge in [-0.1, -0.05) is 32.3 Å². The highest BCUT2D eigenvalue weighted by molar-refractivity contribution is 5.96. The molecule has 7 nitrogen and oxygen atoms in total. The van der Waals surface area contributed by atoms with Crippen LogP contribution in [0.25, 0.3) is 0 Å². The molecular formula is C21H28N4O3. The number of ketones is 1. The van der Waals surface area contributed by atoms with Gasteiger partial charge in [-0.15, -0.1) is 0 Å². The summed E-state index contributed by atoms with van der Waals surface area (Å²) in [5.41, 5.74) is 2.34. The van der Waals surface area contributed by atoms with Crippen LogP contribution in [-0.4, -0.2) is 34.3 Å².